The molecule has 2 fully saturated rings. The van der Waals surface area contributed by atoms with Gasteiger partial charge in [-0.1, -0.05) is 23.8 Å². The zero-order valence-electron chi connectivity index (χ0n) is 13.0. The lowest BCUT2D eigenvalue weighted by atomic mass is 9.79. The number of aryl methyl sites for hydroxylation is 2. The van der Waals surface area contributed by atoms with E-state index in [1.807, 2.05) is 0 Å². The zero-order chi connectivity index (χ0) is 13.9. The minimum Gasteiger partial charge on any atom is -0.314 e. The van der Waals surface area contributed by atoms with Crippen LogP contribution < -0.4 is 5.32 Å². The number of hydrogen-bond acceptors (Lipinski definition) is 2. The number of benzene rings is 1. The Balaban J connectivity index is 1.60. The molecule has 0 radical (unpaired) electrons. The quantitative estimate of drug-likeness (QED) is 0.889. The molecule has 1 aliphatic carbocycles. The molecule has 3 rings (SSSR count). The molecular formula is C18H28N2. The summed E-state index contributed by atoms with van der Waals surface area (Å²) in [6.07, 6.45) is 5.52. The van der Waals surface area contributed by atoms with Gasteiger partial charge in [-0.3, -0.25) is 4.90 Å². The van der Waals surface area contributed by atoms with Crippen molar-refractivity contribution in [2.45, 2.75) is 51.5 Å². The zero-order valence-corrected chi connectivity index (χ0v) is 13.0. The third-order valence-electron chi connectivity index (χ3n) is 5.23. The summed E-state index contributed by atoms with van der Waals surface area (Å²) in [6, 6.07) is 7.85. The van der Waals surface area contributed by atoms with Gasteiger partial charge in [0.15, 0.2) is 0 Å². The van der Waals surface area contributed by atoms with Crippen LogP contribution in [-0.4, -0.2) is 37.1 Å². The van der Waals surface area contributed by atoms with Gasteiger partial charge >= 0.3 is 0 Å². The highest BCUT2D eigenvalue weighted by atomic mass is 15.2. The highest BCUT2D eigenvalue weighted by Crippen LogP contribution is 2.36. The Morgan fingerprint density at radius 3 is 2.35 bits per heavy atom. The van der Waals surface area contributed by atoms with Gasteiger partial charge in [0, 0.05) is 32.2 Å². The van der Waals surface area contributed by atoms with Crippen LogP contribution in [0.3, 0.4) is 0 Å². The molecule has 0 bridgehead atoms. The average Bonchev–Trinajstić information content (AvgIpc) is 2.48. The van der Waals surface area contributed by atoms with Crippen molar-refractivity contribution < 1.29 is 0 Å². The first-order chi connectivity index (χ1) is 9.74. The summed E-state index contributed by atoms with van der Waals surface area (Å²) < 4.78 is 0. The summed E-state index contributed by atoms with van der Waals surface area (Å²) in [5, 5.41) is 3.46. The molecule has 1 heterocycles. The van der Waals surface area contributed by atoms with Crippen molar-refractivity contribution in [3.63, 3.8) is 0 Å². The monoisotopic (exact) mass is 272 g/mol. The Labute approximate surface area is 123 Å². The molecule has 2 nitrogen and oxygen atoms in total. The van der Waals surface area contributed by atoms with E-state index in [-0.39, 0.29) is 0 Å². The molecule has 0 aromatic heterocycles. The summed E-state index contributed by atoms with van der Waals surface area (Å²) in [5.74, 6) is 0.801. The van der Waals surface area contributed by atoms with Crippen LogP contribution in [0.4, 0.5) is 0 Å². The molecule has 1 saturated heterocycles. The van der Waals surface area contributed by atoms with E-state index in [0.717, 1.165) is 12.0 Å². The predicted molar refractivity (Wildman–Crippen MR) is 85.4 cm³/mol. The van der Waals surface area contributed by atoms with Gasteiger partial charge in [0.05, 0.1) is 0 Å². The summed E-state index contributed by atoms with van der Waals surface area (Å²) >= 11 is 0. The first kappa shape index (κ1) is 14.1. The largest absolute Gasteiger partial charge is 0.314 e. The second kappa shape index (κ2) is 6.28. The van der Waals surface area contributed by atoms with E-state index in [9.17, 15) is 0 Å². The lowest BCUT2D eigenvalue weighted by molar-refractivity contribution is 0.133. The van der Waals surface area contributed by atoms with Crippen LogP contribution in [0.25, 0.3) is 0 Å². The maximum absolute atomic E-state index is 3.46. The predicted octanol–water partition coefficient (Wildman–Crippen LogP) is 3.23. The fraction of sp³-hybridized carbons (Fsp3) is 0.667. The molecule has 1 N–H and O–H groups in total. The van der Waals surface area contributed by atoms with E-state index in [1.54, 1.807) is 5.56 Å². The van der Waals surface area contributed by atoms with Crippen molar-refractivity contribution in [2.75, 3.05) is 26.2 Å². The summed E-state index contributed by atoms with van der Waals surface area (Å²) in [7, 11) is 0. The van der Waals surface area contributed by atoms with Gasteiger partial charge in [-0.2, -0.15) is 0 Å². The first-order valence-electron chi connectivity index (χ1n) is 8.26. The minimum absolute atomic E-state index is 0.801. The fourth-order valence-electron chi connectivity index (χ4n) is 4.08. The summed E-state index contributed by atoms with van der Waals surface area (Å²) in [4.78, 5) is 2.72. The van der Waals surface area contributed by atoms with E-state index < -0.39 is 0 Å². The topological polar surface area (TPSA) is 15.3 Å². The third-order valence-corrected chi connectivity index (χ3v) is 5.23. The summed E-state index contributed by atoms with van der Waals surface area (Å²) in [5.41, 5.74) is 4.49. The van der Waals surface area contributed by atoms with E-state index in [4.69, 9.17) is 0 Å². The SMILES string of the molecule is Cc1ccc(C2CCC(N3CCNCC3)CC2)c(C)c1. The number of nitrogens with zero attached hydrogens (tertiary/aromatic N) is 1. The van der Waals surface area contributed by atoms with E-state index in [0.29, 0.717) is 0 Å². The van der Waals surface area contributed by atoms with Crippen LogP contribution in [0, 0.1) is 13.8 Å². The maximum atomic E-state index is 3.46. The van der Waals surface area contributed by atoms with Crippen LogP contribution in [0.15, 0.2) is 18.2 Å². The van der Waals surface area contributed by atoms with Crippen LogP contribution in [-0.2, 0) is 0 Å². The first-order valence-corrected chi connectivity index (χ1v) is 8.26. The Morgan fingerprint density at radius 2 is 1.70 bits per heavy atom. The Hall–Kier alpha value is -0.860. The molecule has 2 aliphatic rings. The Kier molecular flexibility index (Phi) is 4.42. The normalized spacial score (nSPS) is 28.5. The van der Waals surface area contributed by atoms with Crippen molar-refractivity contribution in [1.82, 2.24) is 10.2 Å². The van der Waals surface area contributed by atoms with Gasteiger partial charge in [-0.05, 0) is 56.6 Å². The van der Waals surface area contributed by atoms with Crippen LogP contribution in [0.1, 0.15) is 48.3 Å². The number of nitrogens with one attached hydrogen (secondary N) is 1. The molecule has 1 aromatic carbocycles. The molecule has 2 heteroatoms. The van der Waals surface area contributed by atoms with Crippen LogP contribution in [0.2, 0.25) is 0 Å². The van der Waals surface area contributed by atoms with Crippen molar-refractivity contribution in [2.24, 2.45) is 0 Å². The molecule has 0 amide bonds. The highest BCUT2D eigenvalue weighted by Gasteiger charge is 2.27. The number of piperazine rings is 1. The lowest BCUT2D eigenvalue weighted by Crippen LogP contribution is -2.49. The second-order valence-electron chi connectivity index (χ2n) is 6.65. The lowest BCUT2D eigenvalue weighted by Gasteiger charge is -2.39. The highest BCUT2D eigenvalue weighted by molar-refractivity contribution is 5.33. The molecule has 0 spiro atoms. The molecule has 1 aromatic rings. The van der Waals surface area contributed by atoms with Crippen molar-refractivity contribution >= 4 is 0 Å². The number of rotatable bonds is 2. The maximum Gasteiger partial charge on any atom is 0.0110 e. The molecule has 110 valence electrons. The van der Waals surface area contributed by atoms with E-state index in [1.165, 1.54) is 63.0 Å². The van der Waals surface area contributed by atoms with Gasteiger partial charge < -0.3 is 5.32 Å². The standard InChI is InChI=1S/C18H28N2/c1-14-3-8-18(15(2)13-14)16-4-6-17(7-5-16)20-11-9-19-10-12-20/h3,8,13,16-17,19H,4-7,9-12H2,1-2H3. The molecule has 0 atom stereocenters. The number of hydrogen-bond donors (Lipinski definition) is 1. The van der Waals surface area contributed by atoms with Gasteiger partial charge in [0.25, 0.3) is 0 Å². The average molecular weight is 272 g/mol. The Bertz CT molecular complexity index is 441. The Morgan fingerprint density at radius 1 is 1.00 bits per heavy atom. The van der Waals surface area contributed by atoms with Crippen LogP contribution in [0.5, 0.6) is 0 Å². The van der Waals surface area contributed by atoms with Gasteiger partial charge in [-0.15, -0.1) is 0 Å². The van der Waals surface area contributed by atoms with Crippen LogP contribution >= 0.6 is 0 Å². The smallest absolute Gasteiger partial charge is 0.0110 e. The summed E-state index contributed by atoms with van der Waals surface area (Å²) in [6.45, 7) is 9.33. The molecule has 1 aliphatic heterocycles. The minimum atomic E-state index is 0.801. The van der Waals surface area contributed by atoms with Crippen molar-refractivity contribution in [1.29, 1.82) is 0 Å². The third kappa shape index (κ3) is 3.07. The van der Waals surface area contributed by atoms with E-state index >= 15 is 0 Å². The van der Waals surface area contributed by atoms with Crippen molar-refractivity contribution in [3.05, 3.63) is 34.9 Å². The van der Waals surface area contributed by atoms with Gasteiger partial charge in [-0.25, -0.2) is 0 Å². The second-order valence-corrected chi connectivity index (χ2v) is 6.65. The molecular weight excluding hydrogens is 244 g/mol. The van der Waals surface area contributed by atoms with Gasteiger partial charge in [0.2, 0.25) is 0 Å². The van der Waals surface area contributed by atoms with Crippen molar-refractivity contribution in [3.8, 4) is 0 Å². The van der Waals surface area contributed by atoms with E-state index in [2.05, 4.69) is 42.3 Å². The fourth-order valence-corrected chi connectivity index (χ4v) is 4.08. The molecule has 1 saturated carbocycles. The van der Waals surface area contributed by atoms with Gasteiger partial charge in [0.1, 0.15) is 0 Å². The molecule has 0 unspecified atom stereocenters. The molecule has 20 heavy (non-hydrogen) atoms.